The van der Waals surface area contributed by atoms with Crippen LogP contribution in [0.4, 0.5) is 0 Å². The summed E-state index contributed by atoms with van der Waals surface area (Å²) < 4.78 is 6.52. The molecule has 0 fully saturated rings. The molecule has 0 unspecified atom stereocenters. The van der Waals surface area contributed by atoms with Crippen molar-refractivity contribution in [3.8, 4) is 67.5 Å². The average molecular weight is 728 g/mol. The predicted molar refractivity (Wildman–Crippen MR) is 235 cm³/mol. The lowest BCUT2D eigenvalue weighted by Gasteiger charge is -2.14. The number of aromatic nitrogens is 3. The summed E-state index contributed by atoms with van der Waals surface area (Å²) in [6.45, 7) is 0. The molecule has 0 N–H and O–H groups in total. The molecule has 4 nitrogen and oxygen atoms in total. The molecule has 266 valence electrons. The van der Waals surface area contributed by atoms with Gasteiger partial charge in [0.25, 0.3) is 0 Å². The zero-order valence-corrected chi connectivity index (χ0v) is 30.8. The van der Waals surface area contributed by atoms with Crippen LogP contribution < -0.4 is 0 Å². The van der Waals surface area contributed by atoms with Gasteiger partial charge in [0.05, 0.1) is 5.56 Å². The highest BCUT2D eigenvalue weighted by atomic mass is 16.3. The SMILES string of the molecule is c1ccc(-c2ccc(-c3ccccc3-c3nc(-c4cccc(-c5cccc6ccc7ccccc7c56)c4)nc(-c4cccc5c4oc4ccccc45)n3)cc2)cc1. The molecule has 0 aliphatic carbocycles. The van der Waals surface area contributed by atoms with Crippen LogP contribution in [-0.2, 0) is 0 Å². The molecule has 2 aromatic heterocycles. The van der Waals surface area contributed by atoms with E-state index in [1.165, 1.54) is 32.7 Å². The van der Waals surface area contributed by atoms with Gasteiger partial charge in [0.1, 0.15) is 11.2 Å². The van der Waals surface area contributed by atoms with Gasteiger partial charge >= 0.3 is 0 Å². The molecule has 0 radical (unpaired) electrons. The van der Waals surface area contributed by atoms with Gasteiger partial charge in [-0.05, 0) is 73.1 Å². The molecule has 0 saturated carbocycles. The molecule has 0 bridgehead atoms. The number of hydrogen-bond donors (Lipinski definition) is 0. The first-order chi connectivity index (χ1) is 28.2. The molecule has 11 aromatic rings. The third kappa shape index (κ3) is 5.74. The van der Waals surface area contributed by atoms with Crippen LogP contribution in [0.5, 0.6) is 0 Å². The summed E-state index contributed by atoms with van der Waals surface area (Å²) in [5.74, 6) is 1.73. The van der Waals surface area contributed by atoms with Crippen LogP contribution >= 0.6 is 0 Å². The van der Waals surface area contributed by atoms with Gasteiger partial charge in [-0.3, -0.25) is 0 Å². The number of rotatable bonds is 6. The smallest absolute Gasteiger partial charge is 0.167 e. The highest BCUT2D eigenvalue weighted by molar-refractivity contribution is 6.14. The summed E-state index contributed by atoms with van der Waals surface area (Å²) in [4.78, 5) is 15.7. The Hall–Kier alpha value is -7.69. The van der Waals surface area contributed by atoms with Gasteiger partial charge in [-0.25, -0.2) is 15.0 Å². The van der Waals surface area contributed by atoms with Crippen molar-refractivity contribution in [2.75, 3.05) is 0 Å². The molecule has 57 heavy (non-hydrogen) atoms. The molecule has 0 aliphatic rings. The maximum Gasteiger partial charge on any atom is 0.167 e. The van der Waals surface area contributed by atoms with Crippen LogP contribution in [0.3, 0.4) is 0 Å². The standard InChI is InChI=1S/C53H33N3O/c1-2-13-34(14-3-1)35-27-29-37(30-28-35)41-19-6-7-22-46(41)52-54-51(55-53(56-52)47-25-12-24-45-44-21-8-9-26-48(44)57-50(45)47)40-18-10-17-39(33-40)43-23-11-16-38-32-31-36-15-4-5-20-42(36)49(38)43/h1-33H. The molecule has 0 saturated heterocycles. The fourth-order valence-corrected chi connectivity index (χ4v) is 8.20. The molecule has 0 aliphatic heterocycles. The van der Waals surface area contributed by atoms with Gasteiger partial charge in [0, 0.05) is 21.9 Å². The minimum absolute atomic E-state index is 0.551. The van der Waals surface area contributed by atoms with Gasteiger partial charge in [0.15, 0.2) is 17.5 Å². The second-order valence-corrected chi connectivity index (χ2v) is 14.3. The third-order valence-corrected chi connectivity index (χ3v) is 11.0. The van der Waals surface area contributed by atoms with Gasteiger partial charge in [-0.1, -0.05) is 182 Å². The first kappa shape index (κ1) is 32.7. The van der Waals surface area contributed by atoms with Gasteiger partial charge < -0.3 is 4.42 Å². The van der Waals surface area contributed by atoms with Crippen molar-refractivity contribution in [3.63, 3.8) is 0 Å². The molecule has 2 heterocycles. The van der Waals surface area contributed by atoms with E-state index in [1.54, 1.807) is 0 Å². The molecule has 0 spiro atoms. The summed E-state index contributed by atoms with van der Waals surface area (Å²) in [5.41, 5.74) is 10.9. The molecule has 9 aromatic carbocycles. The zero-order chi connectivity index (χ0) is 37.7. The molecule has 4 heteroatoms. The van der Waals surface area contributed by atoms with Crippen molar-refractivity contribution >= 4 is 43.5 Å². The number of furan rings is 1. The lowest BCUT2D eigenvalue weighted by atomic mass is 9.93. The monoisotopic (exact) mass is 727 g/mol. The lowest BCUT2D eigenvalue weighted by Crippen LogP contribution is -2.01. The number of fused-ring (bicyclic) bond motifs is 6. The molecule has 11 rings (SSSR count). The van der Waals surface area contributed by atoms with Crippen LogP contribution in [0.15, 0.2) is 205 Å². The Bertz CT molecular complexity index is 3290. The van der Waals surface area contributed by atoms with E-state index in [4.69, 9.17) is 19.4 Å². The van der Waals surface area contributed by atoms with Crippen LogP contribution in [0.1, 0.15) is 0 Å². The maximum absolute atomic E-state index is 6.52. The van der Waals surface area contributed by atoms with Gasteiger partial charge in [0.2, 0.25) is 0 Å². The first-order valence-electron chi connectivity index (χ1n) is 19.2. The highest BCUT2D eigenvalue weighted by Crippen LogP contribution is 2.39. The van der Waals surface area contributed by atoms with E-state index in [2.05, 4.69) is 164 Å². The maximum atomic E-state index is 6.52. The van der Waals surface area contributed by atoms with E-state index in [9.17, 15) is 0 Å². The van der Waals surface area contributed by atoms with E-state index in [-0.39, 0.29) is 0 Å². The Balaban J connectivity index is 1.11. The van der Waals surface area contributed by atoms with Crippen molar-refractivity contribution in [2.24, 2.45) is 0 Å². The Kier molecular flexibility index (Phi) is 7.78. The second kappa shape index (κ2) is 13.6. The van der Waals surface area contributed by atoms with Crippen LogP contribution in [0.25, 0.3) is 111 Å². The van der Waals surface area contributed by atoms with Crippen LogP contribution in [0, 0.1) is 0 Å². The fraction of sp³-hybridized carbons (Fsp3) is 0. The van der Waals surface area contributed by atoms with Crippen molar-refractivity contribution in [3.05, 3.63) is 200 Å². The van der Waals surface area contributed by atoms with Crippen molar-refractivity contribution in [1.29, 1.82) is 0 Å². The van der Waals surface area contributed by atoms with Gasteiger partial charge in [-0.2, -0.15) is 0 Å². The fourth-order valence-electron chi connectivity index (χ4n) is 8.20. The normalized spacial score (nSPS) is 11.5. The Morgan fingerprint density at radius 3 is 1.72 bits per heavy atom. The number of nitrogens with zero attached hydrogens (tertiary/aromatic N) is 3. The second-order valence-electron chi connectivity index (χ2n) is 14.3. The van der Waals surface area contributed by atoms with Crippen LogP contribution in [-0.4, -0.2) is 15.0 Å². The van der Waals surface area contributed by atoms with E-state index in [0.717, 1.165) is 60.9 Å². The number of para-hydroxylation sites is 2. The van der Waals surface area contributed by atoms with E-state index >= 15 is 0 Å². The van der Waals surface area contributed by atoms with Gasteiger partial charge in [-0.15, -0.1) is 0 Å². The van der Waals surface area contributed by atoms with Crippen molar-refractivity contribution in [1.82, 2.24) is 15.0 Å². The topological polar surface area (TPSA) is 51.8 Å². The molecule has 0 amide bonds. The highest BCUT2D eigenvalue weighted by Gasteiger charge is 2.20. The van der Waals surface area contributed by atoms with Crippen LogP contribution in [0.2, 0.25) is 0 Å². The van der Waals surface area contributed by atoms with Crippen molar-refractivity contribution in [2.45, 2.75) is 0 Å². The summed E-state index contributed by atoms with van der Waals surface area (Å²) in [6, 6.07) is 69.9. The largest absolute Gasteiger partial charge is 0.455 e. The lowest BCUT2D eigenvalue weighted by molar-refractivity contribution is 0.669. The Labute approximate surface area is 329 Å². The van der Waals surface area contributed by atoms with E-state index in [1.807, 2.05) is 36.4 Å². The first-order valence-corrected chi connectivity index (χ1v) is 19.2. The summed E-state index contributed by atoms with van der Waals surface area (Å²) in [6.07, 6.45) is 0. The quantitative estimate of drug-likeness (QED) is 0.160. The number of hydrogen-bond acceptors (Lipinski definition) is 4. The number of benzene rings is 9. The zero-order valence-electron chi connectivity index (χ0n) is 30.8. The average Bonchev–Trinajstić information content (AvgIpc) is 3.68. The summed E-state index contributed by atoms with van der Waals surface area (Å²) in [5, 5.41) is 6.96. The minimum Gasteiger partial charge on any atom is -0.455 e. The van der Waals surface area contributed by atoms with E-state index < -0.39 is 0 Å². The summed E-state index contributed by atoms with van der Waals surface area (Å²) in [7, 11) is 0. The molecular weight excluding hydrogens is 695 g/mol. The predicted octanol–water partition coefficient (Wildman–Crippen LogP) is 14.1. The Morgan fingerprint density at radius 1 is 0.298 bits per heavy atom. The van der Waals surface area contributed by atoms with E-state index in [0.29, 0.717) is 17.5 Å². The molecule has 0 atom stereocenters. The third-order valence-electron chi connectivity index (χ3n) is 11.0. The summed E-state index contributed by atoms with van der Waals surface area (Å²) >= 11 is 0. The molecular formula is C53H33N3O. The minimum atomic E-state index is 0.551. The Morgan fingerprint density at radius 2 is 0.842 bits per heavy atom. The van der Waals surface area contributed by atoms with Crippen molar-refractivity contribution < 1.29 is 4.42 Å².